The zero-order valence-corrected chi connectivity index (χ0v) is 24.3. The normalized spacial score (nSPS) is 11.4. The van der Waals surface area contributed by atoms with Gasteiger partial charge in [0.15, 0.2) is 11.5 Å². The van der Waals surface area contributed by atoms with Crippen molar-refractivity contribution in [2.45, 2.75) is 32.2 Å². The van der Waals surface area contributed by atoms with E-state index in [9.17, 15) is 18.0 Å². The summed E-state index contributed by atoms with van der Waals surface area (Å²) in [6, 6.07) is 18.4. The summed E-state index contributed by atoms with van der Waals surface area (Å²) in [6.07, 6.45) is -3.83. The van der Waals surface area contributed by atoms with E-state index in [1.807, 2.05) is 47.4 Å². The minimum absolute atomic E-state index is 0.266. The van der Waals surface area contributed by atoms with Crippen molar-refractivity contribution in [1.29, 1.82) is 0 Å². The fourth-order valence-electron chi connectivity index (χ4n) is 4.39. The first-order valence-corrected chi connectivity index (χ1v) is 14.0. The van der Waals surface area contributed by atoms with Gasteiger partial charge < -0.3 is 19.5 Å². The fraction of sp³-hybridized carbons (Fsp3) is 0.290. The number of carbonyl (C=O) groups is 1. The molecule has 0 saturated carbocycles. The predicted molar refractivity (Wildman–Crippen MR) is 155 cm³/mol. The Morgan fingerprint density at radius 2 is 1.57 bits per heavy atom. The first-order valence-electron chi connectivity index (χ1n) is 13.1. The lowest BCUT2D eigenvalue weighted by Crippen LogP contribution is -2.26. The van der Waals surface area contributed by atoms with Crippen LogP contribution in [0.25, 0.3) is 0 Å². The number of alkyl halides is 3. The van der Waals surface area contributed by atoms with Crippen LogP contribution in [0.5, 0.6) is 17.2 Å². The number of ether oxygens (including phenoxy) is 3. The number of nitrogens with one attached hydrogen (secondary N) is 1. The maximum absolute atomic E-state index is 13.3. The summed E-state index contributed by atoms with van der Waals surface area (Å²) in [5, 5.41) is 5.26. The SMILES string of the molecule is COc1ccc(CN(Cc2cccc(C(F)(F)F)c2)Cc2nc(C(=O)NCCc3ccc(OC)c(OC)c3)cs2)cc1. The zero-order valence-electron chi connectivity index (χ0n) is 23.5. The fourth-order valence-corrected chi connectivity index (χ4v) is 5.20. The molecule has 0 aliphatic heterocycles. The van der Waals surface area contributed by atoms with Crippen LogP contribution in [0.4, 0.5) is 13.2 Å². The molecule has 4 rings (SSSR count). The van der Waals surface area contributed by atoms with Crippen LogP contribution in [-0.2, 0) is 32.2 Å². The minimum atomic E-state index is -4.42. The van der Waals surface area contributed by atoms with E-state index in [-0.39, 0.29) is 12.5 Å². The lowest BCUT2D eigenvalue weighted by Gasteiger charge is -2.22. The largest absolute Gasteiger partial charge is 0.497 e. The Hall–Kier alpha value is -4.09. The molecule has 1 aromatic heterocycles. The van der Waals surface area contributed by atoms with Crippen molar-refractivity contribution < 1.29 is 32.2 Å². The highest BCUT2D eigenvalue weighted by atomic mass is 32.1. The average Bonchev–Trinajstić information content (AvgIpc) is 3.45. The van der Waals surface area contributed by atoms with Gasteiger partial charge in [0.1, 0.15) is 16.5 Å². The Morgan fingerprint density at radius 1 is 0.857 bits per heavy atom. The molecule has 0 aliphatic rings. The van der Waals surface area contributed by atoms with E-state index < -0.39 is 11.7 Å². The van der Waals surface area contributed by atoms with E-state index in [1.165, 1.54) is 23.5 Å². The Kier molecular flexibility index (Phi) is 10.4. The van der Waals surface area contributed by atoms with E-state index in [0.717, 1.165) is 17.2 Å². The number of thiazole rings is 1. The minimum Gasteiger partial charge on any atom is -0.497 e. The van der Waals surface area contributed by atoms with Crippen LogP contribution < -0.4 is 19.5 Å². The summed E-state index contributed by atoms with van der Waals surface area (Å²) in [6.45, 7) is 1.49. The van der Waals surface area contributed by atoms with Crippen LogP contribution in [0.15, 0.2) is 72.1 Å². The topological polar surface area (TPSA) is 72.9 Å². The van der Waals surface area contributed by atoms with Gasteiger partial charge in [0, 0.05) is 25.0 Å². The summed E-state index contributed by atoms with van der Waals surface area (Å²) in [5.41, 5.74) is 2.09. The number of methoxy groups -OCH3 is 3. The zero-order chi connectivity index (χ0) is 30.1. The van der Waals surface area contributed by atoms with Gasteiger partial charge >= 0.3 is 6.18 Å². The molecule has 0 radical (unpaired) electrons. The van der Waals surface area contributed by atoms with E-state index >= 15 is 0 Å². The highest BCUT2D eigenvalue weighted by Gasteiger charge is 2.30. The summed E-state index contributed by atoms with van der Waals surface area (Å²) >= 11 is 1.34. The number of amides is 1. The van der Waals surface area contributed by atoms with Crippen molar-refractivity contribution in [3.8, 4) is 17.2 Å². The molecule has 7 nitrogen and oxygen atoms in total. The molecule has 4 aromatic rings. The van der Waals surface area contributed by atoms with Crippen molar-refractivity contribution in [2.24, 2.45) is 0 Å². The molecule has 222 valence electrons. The first-order chi connectivity index (χ1) is 20.2. The van der Waals surface area contributed by atoms with Gasteiger partial charge in [0.2, 0.25) is 0 Å². The molecule has 0 aliphatic carbocycles. The van der Waals surface area contributed by atoms with Gasteiger partial charge in [0.25, 0.3) is 5.91 Å². The second-order valence-electron chi connectivity index (χ2n) is 9.51. The molecule has 0 saturated heterocycles. The molecule has 0 spiro atoms. The molecule has 1 heterocycles. The Balaban J connectivity index is 1.42. The molecule has 42 heavy (non-hydrogen) atoms. The molecule has 1 amide bonds. The number of halogens is 3. The lowest BCUT2D eigenvalue weighted by atomic mass is 10.1. The maximum Gasteiger partial charge on any atom is 0.416 e. The van der Waals surface area contributed by atoms with Crippen LogP contribution in [-0.4, -0.2) is 43.7 Å². The standard InChI is InChI=1S/C31H32F3N3O4S/c1-39-25-10-7-22(8-11-25)17-37(18-23-5-4-6-24(15-23)31(32,33)34)19-29-36-26(20-42-29)30(38)35-14-13-21-9-12-27(40-2)28(16-21)41-3/h4-12,15-16,20H,13-14,17-19H2,1-3H3,(H,35,38). The van der Waals surface area contributed by atoms with Gasteiger partial charge in [-0.2, -0.15) is 13.2 Å². The summed E-state index contributed by atoms with van der Waals surface area (Å²) in [4.78, 5) is 19.3. The molecule has 0 fully saturated rings. The number of hydrogen-bond donors (Lipinski definition) is 1. The van der Waals surface area contributed by atoms with Crippen molar-refractivity contribution in [3.63, 3.8) is 0 Å². The molecule has 0 bridgehead atoms. The van der Waals surface area contributed by atoms with E-state index in [4.69, 9.17) is 14.2 Å². The molecule has 1 N–H and O–H groups in total. The highest BCUT2D eigenvalue weighted by molar-refractivity contribution is 7.09. The third-order valence-electron chi connectivity index (χ3n) is 6.52. The van der Waals surface area contributed by atoms with Gasteiger partial charge in [0.05, 0.1) is 33.4 Å². The smallest absolute Gasteiger partial charge is 0.416 e. The van der Waals surface area contributed by atoms with E-state index in [0.29, 0.717) is 59.6 Å². The van der Waals surface area contributed by atoms with Crippen LogP contribution >= 0.6 is 11.3 Å². The van der Waals surface area contributed by atoms with Crippen LogP contribution in [0.3, 0.4) is 0 Å². The summed E-state index contributed by atoms with van der Waals surface area (Å²) < 4.78 is 55.8. The molecule has 0 unspecified atom stereocenters. The highest BCUT2D eigenvalue weighted by Crippen LogP contribution is 2.30. The Morgan fingerprint density at radius 3 is 2.26 bits per heavy atom. The summed E-state index contributed by atoms with van der Waals surface area (Å²) in [5.74, 6) is 1.67. The Bertz CT molecular complexity index is 1480. The van der Waals surface area contributed by atoms with Crippen molar-refractivity contribution in [3.05, 3.63) is 105 Å². The van der Waals surface area contributed by atoms with E-state index in [1.54, 1.807) is 32.8 Å². The number of aromatic nitrogens is 1. The van der Waals surface area contributed by atoms with Gasteiger partial charge in [-0.15, -0.1) is 11.3 Å². The number of carbonyl (C=O) groups excluding carboxylic acids is 1. The van der Waals surface area contributed by atoms with Crippen LogP contribution in [0.1, 0.15) is 37.7 Å². The third kappa shape index (κ3) is 8.46. The number of rotatable bonds is 13. The van der Waals surface area contributed by atoms with Gasteiger partial charge in [-0.1, -0.05) is 36.4 Å². The molecule has 11 heteroatoms. The lowest BCUT2D eigenvalue weighted by molar-refractivity contribution is -0.137. The number of hydrogen-bond acceptors (Lipinski definition) is 7. The Labute approximate surface area is 246 Å². The van der Waals surface area contributed by atoms with Gasteiger partial charge in [-0.25, -0.2) is 4.98 Å². The number of nitrogens with zero attached hydrogens (tertiary/aromatic N) is 2. The number of benzene rings is 3. The predicted octanol–water partition coefficient (Wildman–Crippen LogP) is 6.36. The van der Waals surface area contributed by atoms with Gasteiger partial charge in [-0.05, 0) is 53.4 Å². The molecule has 0 atom stereocenters. The van der Waals surface area contributed by atoms with Crippen LogP contribution in [0, 0.1) is 0 Å². The van der Waals surface area contributed by atoms with Crippen molar-refractivity contribution in [2.75, 3.05) is 27.9 Å². The summed E-state index contributed by atoms with van der Waals surface area (Å²) in [7, 11) is 4.73. The quantitative estimate of drug-likeness (QED) is 0.193. The maximum atomic E-state index is 13.3. The van der Waals surface area contributed by atoms with Gasteiger partial charge in [-0.3, -0.25) is 9.69 Å². The van der Waals surface area contributed by atoms with Crippen molar-refractivity contribution in [1.82, 2.24) is 15.2 Å². The van der Waals surface area contributed by atoms with Crippen LogP contribution in [0.2, 0.25) is 0 Å². The van der Waals surface area contributed by atoms with Crippen molar-refractivity contribution >= 4 is 17.2 Å². The average molecular weight is 600 g/mol. The second-order valence-corrected chi connectivity index (χ2v) is 10.5. The molecular weight excluding hydrogens is 567 g/mol. The van der Waals surface area contributed by atoms with E-state index in [2.05, 4.69) is 10.3 Å². The molecular formula is C31H32F3N3O4S. The first kappa shape index (κ1) is 30.9. The second kappa shape index (κ2) is 14.2. The molecule has 3 aromatic carbocycles. The third-order valence-corrected chi connectivity index (χ3v) is 7.35. The monoisotopic (exact) mass is 599 g/mol.